The van der Waals surface area contributed by atoms with Crippen LogP contribution in [0.3, 0.4) is 0 Å². The average molecular weight is 424 g/mol. The van der Waals surface area contributed by atoms with E-state index >= 15 is 0 Å². The van der Waals surface area contributed by atoms with E-state index in [2.05, 4.69) is 13.8 Å². The van der Waals surface area contributed by atoms with Crippen LogP contribution in [0.4, 0.5) is 0 Å². The third-order valence-corrected chi connectivity index (χ3v) is 9.28. The van der Waals surface area contributed by atoms with Crippen LogP contribution in [0.25, 0.3) is 0 Å². The molecule has 1 nitrogen and oxygen atoms in total. The van der Waals surface area contributed by atoms with E-state index in [9.17, 15) is 0 Å². The SMILES string of the molecule is CCCCCCCCC1(CCCCCCCC)COCC[Te]1. The first kappa shape index (κ1) is 20.8. The van der Waals surface area contributed by atoms with Gasteiger partial charge in [0.15, 0.2) is 0 Å². The van der Waals surface area contributed by atoms with Crippen molar-refractivity contribution in [2.24, 2.45) is 0 Å². The quantitative estimate of drug-likeness (QED) is 0.220. The van der Waals surface area contributed by atoms with Gasteiger partial charge in [-0.25, -0.2) is 0 Å². The van der Waals surface area contributed by atoms with E-state index in [1.165, 1.54) is 94.4 Å². The average Bonchev–Trinajstić information content (AvgIpc) is 2.55. The minimum absolute atomic E-state index is 0.188. The van der Waals surface area contributed by atoms with Crippen molar-refractivity contribution in [1.82, 2.24) is 0 Å². The molecule has 0 aromatic carbocycles. The van der Waals surface area contributed by atoms with Crippen LogP contribution in [0.15, 0.2) is 0 Å². The summed E-state index contributed by atoms with van der Waals surface area (Å²) in [5.41, 5.74) is 0. The summed E-state index contributed by atoms with van der Waals surface area (Å²) in [5, 5.41) is 0. The first-order chi connectivity index (χ1) is 10.8. The van der Waals surface area contributed by atoms with Crippen molar-refractivity contribution in [1.29, 1.82) is 0 Å². The van der Waals surface area contributed by atoms with Crippen LogP contribution < -0.4 is 0 Å². The molecule has 0 atom stereocenters. The Kier molecular flexibility index (Phi) is 13.3. The Morgan fingerprint density at radius 3 is 1.68 bits per heavy atom. The van der Waals surface area contributed by atoms with E-state index in [1.54, 1.807) is 0 Å². The third kappa shape index (κ3) is 9.79. The molecule has 0 aliphatic carbocycles. The van der Waals surface area contributed by atoms with Gasteiger partial charge in [-0.3, -0.25) is 0 Å². The van der Waals surface area contributed by atoms with Crippen LogP contribution in [0.1, 0.15) is 104 Å². The van der Waals surface area contributed by atoms with Crippen LogP contribution >= 0.6 is 0 Å². The molecule has 1 aliphatic heterocycles. The van der Waals surface area contributed by atoms with Gasteiger partial charge in [0, 0.05) is 0 Å². The third-order valence-electron chi connectivity index (χ3n) is 4.97. The van der Waals surface area contributed by atoms with Gasteiger partial charge in [-0.15, -0.1) is 0 Å². The zero-order chi connectivity index (χ0) is 15.9. The summed E-state index contributed by atoms with van der Waals surface area (Å²) in [4.78, 5) is 0. The number of unbranched alkanes of at least 4 members (excludes halogenated alkanes) is 10. The maximum atomic E-state index is 5.91. The Balaban J connectivity index is 2.17. The standard InChI is InChI=1S/C20H40OTe/c1-3-5-7-9-11-13-15-20(19-21-17-18-22-20)16-14-12-10-8-6-4-2/h3-19H2,1-2H3. The van der Waals surface area contributed by atoms with Crippen LogP contribution in [-0.2, 0) is 4.74 Å². The van der Waals surface area contributed by atoms with E-state index in [4.69, 9.17) is 4.74 Å². The van der Waals surface area contributed by atoms with E-state index in [-0.39, 0.29) is 20.9 Å². The molecule has 1 fully saturated rings. The van der Waals surface area contributed by atoms with E-state index in [0.717, 1.165) is 13.2 Å². The molecule has 132 valence electrons. The van der Waals surface area contributed by atoms with Crippen molar-refractivity contribution in [3.05, 3.63) is 0 Å². The fourth-order valence-corrected chi connectivity index (χ4v) is 7.42. The summed E-state index contributed by atoms with van der Waals surface area (Å²) in [7, 11) is 0. The van der Waals surface area contributed by atoms with Crippen molar-refractivity contribution < 1.29 is 4.74 Å². The summed E-state index contributed by atoms with van der Waals surface area (Å²) in [6, 6.07) is 0. The molecule has 0 aromatic rings. The molecule has 0 amide bonds. The second kappa shape index (κ2) is 14.1. The van der Waals surface area contributed by atoms with Crippen molar-refractivity contribution >= 4 is 20.9 Å². The molecule has 1 rings (SSSR count). The normalized spacial score (nSPS) is 17.7. The van der Waals surface area contributed by atoms with Crippen LogP contribution in [-0.4, -0.2) is 34.1 Å². The number of rotatable bonds is 14. The van der Waals surface area contributed by atoms with Crippen molar-refractivity contribution in [2.75, 3.05) is 13.2 Å². The topological polar surface area (TPSA) is 9.23 Å². The van der Waals surface area contributed by atoms with Gasteiger partial charge < -0.3 is 0 Å². The Morgan fingerprint density at radius 2 is 1.23 bits per heavy atom. The molecular weight excluding hydrogens is 384 g/mol. The predicted molar refractivity (Wildman–Crippen MR) is 100 cm³/mol. The van der Waals surface area contributed by atoms with Crippen molar-refractivity contribution in [2.45, 2.75) is 112 Å². The van der Waals surface area contributed by atoms with Gasteiger partial charge in [-0.2, -0.15) is 0 Å². The fraction of sp³-hybridized carbons (Fsp3) is 1.00. The zero-order valence-corrected chi connectivity index (χ0v) is 17.7. The minimum atomic E-state index is 0.188. The second-order valence-corrected chi connectivity index (χ2v) is 11.6. The second-order valence-electron chi connectivity index (χ2n) is 7.12. The Labute approximate surface area is 150 Å². The molecule has 0 N–H and O–H groups in total. The summed E-state index contributed by atoms with van der Waals surface area (Å²) in [6.45, 7) is 6.79. The molecular formula is C20H40OTe. The molecule has 0 bridgehead atoms. The molecule has 0 spiro atoms. The van der Waals surface area contributed by atoms with Crippen molar-refractivity contribution in [3.63, 3.8) is 0 Å². The van der Waals surface area contributed by atoms with Gasteiger partial charge in [0.25, 0.3) is 0 Å². The van der Waals surface area contributed by atoms with Gasteiger partial charge in [0.1, 0.15) is 0 Å². The predicted octanol–water partition coefficient (Wildman–Crippen LogP) is 6.80. The monoisotopic (exact) mass is 426 g/mol. The fourth-order valence-electron chi connectivity index (χ4n) is 3.49. The van der Waals surface area contributed by atoms with Crippen LogP contribution in [0.2, 0.25) is 7.93 Å². The number of ether oxygens (including phenoxy) is 1. The maximum absolute atomic E-state index is 5.91. The first-order valence-corrected chi connectivity index (χ1v) is 12.9. The van der Waals surface area contributed by atoms with Gasteiger partial charge in [-0.05, 0) is 0 Å². The van der Waals surface area contributed by atoms with Gasteiger partial charge in [0.2, 0.25) is 0 Å². The molecule has 1 aliphatic rings. The van der Waals surface area contributed by atoms with E-state index < -0.39 is 0 Å². The molecule has 2 heteroatoms. The summed E-state index contributed by atoms with van der Waals surface area (Å²) >= 11 is 0.188. The summed E-state index contributed by atoms with van der Waals surface area (Å²) in [6.07, 6.45) is 20.2. The van der Waals surface area contributed by atoms with Gasteiger partial charge in [-0.1, -0.05) is 0 Å². The molecule has 1 saturated heterocycles. The molecule has 0 saturated carbocycles. The number of hydrogen-bond acceptors (Lipinski definition) is 1. The number of hydrogen-bond donors (Lipinski definition) is 0. The Bertz CT molecular complexity index is 218. The molecule has 1 heterocycles. The Hall–Kier alpha value is 0.750. The molecule has 0 radical (unpaired) electrons. The van der Waals surface area contributed by atoms with Crippen molar-refractivity contribution in [3.8, 4) is 0 Å². The van der Waals surface area contributed by atoms with Crippen LogP contribution in [0.5, 0.6) is 0 Å². The van der Waals surface area contributed by atoms with Gasteiger partial charge >= 0.3 is 151 Å². The first-order valence-electron chi connectivity index (χ1n) is 10.0. The van der Waals surface area contributed by atoms with Gasteiger partial charge in [0.05, 0.1) is 0 Å². The molecule has 22 heavy (non-hydrogen) atoms. The molecule has 0 aromatic heterocycles. The van der Waals surface area contributed by atoms with E-state index in [1.807, 2.05) is 0 Å². The molecule has 0 unspecified atom stereocenters. The van der Waals surface area contributed by atoms with E-state index in [0.29, 0.717) is 3.46 Å². The Morgan fingerprint density at radius 1 is 0.727 bits per heavy atom. The summed E-state index contributed by atoms with van der Waals surface area (Å²) in [5.74, 6) is 0. The summed E-state index contributed by atoms with van der Waals surface area (Å²) < 4.78 is 8.02. The van der Waals surface area contributed by atoms with Crippen LogP contribution in [0, 0.1) is 0 Å². The zero-order valence-electron chi connectivity index (χ0n) is 15.3.